The molecule has 0 fully saturated rings. The van der Waals surface area contributed by atoms with Gasteiger partial charge >= 0.3 is 0 Å². The molecule has 0 saturated heterocycles. The molecule has 9 heavy (non-hydrogen) atoms. The molecule has 0 aliphatic rings. The number of hydrogen-bond acceptors (Lipinski definition) is 0. The topological polar surface area (TPSA) is 0 Å². The molecule has 0 aromatic rings. The maximum atomic E-state index is 5.59. The van der Waals surface area contributed by atoms with Crippen molar-refractivity contribution in [3.63, 3.8) is 0 Å². The van der Waals surface area contributed by atoms with Crippen LogP contribution in [0, 0.1) is 5.92 Å². The van der Waals surface area contributed by atoms with Gasteiger partial charge in [0.1, 0.15) is 0 Å². The molecule has 0 aliphatic heterocycles. The molecule has 1 unspecified atom stereocenters. The van der Waals surface area contributed by atoms with E-state index in [0.29, 0.717) is 0 Å². The fourth-order valence-corrected chi connectivity index (χ4v) is 0.924. The van der Waals surface area contributed by atoms with Crippen molar-refractivity contribution in [1.82, 2.24) is 0 Å². The Kier molecular flexibility index (Phi) is 4.28. The Labute approximate surface area is 71.5 Å². The molecular formula is C6H11Cl3. The molecule has 0 radical (unpaired) electrons. The molecule has 0 N–H and O–H groups in total. The highest BCUT2D eigenvalue weighted by atomic mass is 35.6. The fraction of sp³-hybridized carbons (Fsp3) is 1.00. The van der Waals surface area contributed by atoms with Gasteiger partial charge in [0.2, 0.25) is 0 Å². The summed E-state index contributed by atoms with van der Waals surface area (Å²) >= 11 is 16.8. The van der Waals surface area contributed by atoms with Crippen molar-refractivity contribution in [2.24, 2.45) is 5.92 Å². The van der Waals surface area contributed by atoms with Gasteiger partial charge in [-0.05, 0) is 6.42 Å². The molecule has 0 nitrogen and oxygen atoms in total. The van der Waals surface area contributed by atoms with Gasteiger partial charge in [0.25, 0.3) is 0 Å². The summed E-state index contributed by atoms with van der Waals surface area (Å²) in [6.45, 7) is 4.02. The maximum absolute atomic E-state index is 5.59. The van der Waals surface area contributed by atoms with E-state index in [2.05, 4.69) is 6.92 Å². The summed E-state index contributed by atoms with van der Waals surface area (Å²) < 4.78 is -1.07. The first-order valence-corrected chi connectivity index (χ1v) is 4.18. The van der Waals surface area contributed by atoms with E-state index in [1.165, 1.54) is 0 Å². The molecule has 0 heterocycles. The Morgan fingerprint density at radius 3 is 1.89 bits per heavy atom. The van der Waals surface area contributed by atoms with Crippen LogP contribution in [0.3, 0.4) is 0 Å². The van der Waals surface area contributed by atoms with Gasteiger partial charge < -0.3 is 0 Å². The minimum absolute atomic E-state index is 0.160. The Balaban J connectivity index is 3.59. The third kappa shape index (κ3) is 4.30. The Morgan fingerprint density at radius 1 is 1.33 bits per heavy atom. The first-order chi connectivity index (χ1) is 3.98. The standard InChI is InChI=1S/C6H11Cl3/c1-3-4-5(2)6(7,8)9/h5H,3-4H2,1-2H3. The second-order valence-electron chi connectivity index (χ2n) is 2.23. The average molecular weight is 190 g/mol. The van der Waals surface area contributed by atoms with E-state index in [0.717, 1.165) is 12.8 Å². The minimum atomic E-state index is -1.07. The highest BCUT2D eigenvalue weighted by molar-refractivity contribution is 6.67. The van der Waals surface area contributed by atoms with Crippen molar-refractivity contribution in [2.45, 2.75) is 30.5 Å². The summed E-state index contributed by atoms with van der Waals surface area (Å²) in [7, 11) is 0. The number of halogens is 3. The highest BCUT2D eigenvalue weighted by Gasteiger charge is 2.27. The van der Waals surface area contributed by atoms with Crippen molar-refractivity contribution >= 4 is 34.8 Å². The van der Waals surface area contributed by atoms with E-state index < -0.39 is 3.79 Å². The molecule has 0 saturated carbocycles. The predicted octanol–water partition coefficient (Wildman–Crippen LogP) is 3.79. The fourth-order valence-electron chi connectivity index (χ4n) is 0.597. The van der Waals surface area contributed by atoms with E-state index in [4.69, 9.17) is 34.8 Å². The Hall–Kier alpha value is 0.870. The van der Waals surface area contributed by atoms with Gasteiger partial charge in [-0.15, -0.1) is 0 Å². The lowest BCUT2D eigenvalue weighted by atomic mass is 10.1. The van der Waals surface area contributed by atoms with Gasteiger partial charge in [0.15, 0.2) is 3.79 Å². The summed E-state index contributed by atoms with van der Waals surface area (Å²) in [6.07, 6.45) is 2.03. The number of rotatable bonds is 2. The monoisotopic (exact) mass is 188 g/mol. The zero-order valence-corrected chi connectivity index (χ0v) is 7.89. The lowest BCUT2D eigenvalue weighted by Gasteiger charge is -2.18. The summed E-state index contributed by atoms with van der Waals surface area (Å²) in [5.41, 5.74) is 0. The van der Waals surface area contributed by atoms with E-state index in [1.54, 1.807) is 0 Å². The first-order valence-electron chi connectivity index (χ1n) is 3.05. The van der Waals surface area contributed by atoms with Crippen molar-refractivity contribution in [3.8, 4) is 0 Å². The maximum Gasteiger partial charge on any atom is 0.193 e. The van der Waals surface area contributed by atoms with E-state index in [9.17, 15) is 0 Å². The van der Waals surface area contributed by atoms with E-state index in [1.807, 2.05) is 6.92 Å². The van der Waals surface area contributed by atoms with Gasteiger partial charge in [-0.2, -0.15) is 0 Å². The molecule has 0 bridgehead atoms. The molecule has 0 aromatic heterocycles. The van der Waals surface area contributed by atoms with Crippen LogP contribution in [0.25, 0.3) is 0 Å². The average Bonchev–Trinajstić information content (AvgIpc) is 1.64. The van der Waals surface area contributed by atoms with Crippen LogP contribution >= 0.6 is 34.8 Å². The van der Waals surface area contributed by atoms with Gasteiger partial charge in [0, 0.05) is 5.92 Å². The molecule has 3 heteroatoms. The quantitative estimate of drug-likeness (QED) is 0.580. The van der Waals surface area contributed by atoms with Crippen LogP contribution in [0.2, 0.25) is 0 Å². The third-order valence-electron chi connectivity index (χ3n) is 1.28. The molecule has 0 aromatic carbocycles. The van der Waals surface area contributed by atoms with E-state index >= 15 is 0 Å². The zero-order chi connectivity index (χ0) is 7.49. The summed E-state index contributed by atoms with van der Waals surface area (Å²) in [4.78, 5) is 0. The predicted molar refractivity (Wildman–Crippen MR) is 44.4 cm³/mol. The van der Waals surface area contributed by atoms with Crippen molar-refractivity contribution in [3.05, 3.63) is 0 Å². The van der Waals surface area contributed by atoms with Gasteiger partial charge in [-0.25, -0.2) is 0 Å². The molecular weight excluding hydrogens is 178 g/mol. The third-order valence-corrected chi connectivity index (χ3v) is 2.40. The smallest absolute Gasteiger partial charge is 0.0834 e. The van der Waals surface area contributed by atoms with Crippen LogP contribution in [0.4, 0.5) is 0 Å². The number of alkyl halides is 3. The van der Waals surface area contributed by atoms with Crippen LogP contribution in [0.15, 0.2) is 0 Å². The van der Waals surface area contributed by atoms with Crippen molar-refractivity contribution in [2.75, 3.05) is 0 Å². The lowest BCUT2D eigenvalue weighted by Crippen LogP contribution is -2.14. The molecule has 0 amide bonds. The van der Waals surface area contributed by atoms with Crippen molar-refractivity contribution < 1.29 is 0 Å². The van der Waals surface area contributed by atoms with Crippen LogP contribution in [-0.2, 0) is 0 Å². The number of hydrogen-bond donors (Lipinski definition) is 0. The first kappa shape index (κ1) is 9.87. The van der Waals surface area contributed by atoms with Crippen LogP contribution < -0.4 is 0 Å². The molecule has 0 rings (SSSR count). The summed E-state index contributed by atoms with van der Waals surface area (Å²) in [6, 6.07) is 0. The minimum Gasteiger partial charge on any atom is -0.0834 e. The lowest BCUT2D eigenvalue weighted by molar-refractivity contribution is 0.535. The van der Waals surface area contributed by atoms with Crippen molar-refractivity contribution in [1.29, 1.82) is 0 Å². The van der Waals surface area contributed by atoms with Gasteiger partial charge in [0.05, 0.1) is 0 Å². The zero-order valence-electron chi connectivity index (χ0n) is 5.63. The second kappa shape index (κ2) is 3.90. The molecule has 56 valence electrons. The second-order valence-corrected chi connectivity index (χ2v) is 4.60. The van der Waals surface area contributed by atoms with Crippen LogP contribution in [-0.4, -0.2) is 3.79 Å². The summed E-state index contributed by atoms with van der Waals surface area (Å²) in [5, 5.41) is 0. The Bertz CT molecular complexity index is 74.9. The van der Waals surface area contributed by atoms with Gasteiger partial charge in [-0.1, -0.05) is 55.1 Å². The normalized spacial score (nSPS) is 15.7. The van der Waals surface area contributed by atoms with E-state index in [-0.39, 0.29) is 5.92 Å². The van der Waals surface area contributed by atoms with Crippen LogP contribution in [0.1, 0.15) is 26.7 Å². The summed E-state index contributed by atoms with van der Waals surface area (Å²) in [5.74, 6) is 0.160. The molecule has 0 aliphatic carbocycles. The molecule has 1 atom stereocenters. The van der Waals surface area contributed by atoms with Crippen LogP contribution in [0.5, 0.6) is 0 Å². The Morgan fingerprint density at radius 2 is 1.78 bits per heavy atom. The highest BCUT2D eigenvalue weighted by Crippen LogP contribution is 2.36. The largest absolute Gasteiger partial charge is 0.193 e. The molecule has 0 spiro atoms. The SMILES string of the molecule is CCCC(C)C(Cl)(Cl)Cl. The van der Waals surface area contributed by atoms with Gasteiger partial charge in [-0.3, -0.25) is 0 Å².